The van der Waals surface area contributed by atoms with Crippen molar-refractivity contribution in [3.63, 3.8) is 0 Å². The largest absolute Gasteiger partial charge is 0.478 e. The standard InChI is InChI=1S/C13H16BrNO2/c1-9-4-5-10(14)8-11(9)12(15(2)3)6-7-13(16)17/h4-8,12H,1-3H3,(H,16,17)/b7-6+. The average molecular weight is 298 g/mol. The van der Waals surface area contributed by atoms with E-state index in [1.165, 1.54) is 6.08 Å². The molecule has 92 valence electrons. The summed E-state index contributed by atoms with van der Waals surface area (Å²) in [6, 6.07) is 5.98. The van der Waals surface area contributed by atoms with Crippen LogP contribution in [0.5, 0.6) is 0 Å². The van der Waals surface area contributed by atoms with Crippen LogP contribution < -0.4 is 0 Å². The smallest absolute Gasteiger partial charge is 0.328 e. The number of hydrogen-bond donors (Lipinski definition) is 1. The van der Waals surface area contributed by atoms with E-state index >= 15 is 0 Å². The van der Waals surface area contributed by atoms with Crippen LogP contribution >= 0.6 is 15.9 Å². The zero-order valence-electron chi connectivity index (χ0n) is 10.1. The minimum absolute atomic E-state index is 0.0383. The normalized spacial score (nSPS) is 13.2. The number of aliphatic carboxylic acids is 1. The Bertz CT molecular complexity index is 441. The highest BCUT2D eigenvalue weighted by Crippen LogP contribution is 2.26. The fourth-order valence-corrected chi connectivity index (χ4v) is 2.04. The first-order valence-corrected chi connectivity index (χ1v) is 6.04. The van der Waals surface area contributed by atoms with Gasteiger partial charge in [0.25, 0.3) is 0 Å². The van der Waals surface area contributed by atoms with Crippen LogP contribution in [0.1, 0.15) is 17.2 Å². The molecular formula is C13H16BrNO2. The molecule has 1 aromatic rings. The first-order chi connectivity index (χ1) is 7.91. The molecule has 1 N–H and O–H groups in total. The molecule has 1 rings (SSSR count). The number of carbonyl (C=O) groups is 1. The summed E-state index contributed by atoms with van der Waals surface area (Å²) in [7, 11) is 3.86. The molecule has 3 nitrogen and oxygen atoms in total. The van der Waals surface area contributed by atoms with E-state index in [0.717, 1.165) is 15.6 Å². The lowest BCUT2D eigenvalue weighted by atomic mass is 10.00. The van der Waals surface area contributed by atoms with Crippen molar-refractivity contribution in [1.29, 1.82) is 0 Å². The van der Waals surface area contributed by atoms with Gasteiger partial charge in [-0.3, -0.25) is 4.90 Å². The molecule has 17 heavy (non-hydrogen) atoms. The van der Waals surface area contributed by atoms with Gasteiger partial charge in [-0.15, -0.1) is 0 Å². The highest BCUT2D eigenvalue weighted by Gasteiger charge is 2.13. The van der Waals surface area contributed by atoms with E-state index in [4.69, 9.17) is 5.11 Å². The van der Waals surface area contributed by atoms with Crippen molar-refractivity contribution in [2.75, 3.05) is 14.1 Å². The molecule has 0 radical (unpaired) electrons. The summed E-state index contributed by atoms with van der Waals surface area (Å²) in [4.78, 5) is 12.6. The molecule has 0 fully saturated rings. The molecule has 4 heteroatoms. The molecule has 0 bridgehead atoms. The van der Waals surface area contributed by atoms with Crippen molar-refractivity contribution in [2.45, 2.75) is 13.0 Å². The lowest BCUT2D eigenvalue weighted by Crippen LogP contribution is -2.19. The van der Waals surface area contributed by atoms with Crippen LogP contribution in [-0.2, 0) is 4.79 Å². The Kier molecular flexibility index (Phi) is 4.90. The summed E-state index contributed by atoms with van der Waals surface area (Å²) in [6.07, 6.45) is 2.88. The molecule has 0 aliphatic rings. The molecule has 1 unspecified atom stereocenters. The van der Waals surface area contributed by atoms with Crippen molar-refractivity contribution in [1.82, 2.24) is 4.90 Å². The highest BCUT2D eigenvalue weighted by atomic mass is 79.9. The number of halogens is 1. The molecule has 1 atom stereocenters. The number of aryl methyl sites for hydroxylation is 1. The summed E-state index contributed by atoms with van der Waals surface area (Å²) in [5, 5.41) is 8.70. The van der Waals surface area contributed by atoms with Gasteiger partial charge in [0.05, 0.1) is 6.04 Å². The number of hydrogen-bond acceptors (Lipinski definition) is 2. The van der Waals surface area contributed by atoms with Gasteiger partial charge in [-0.1, -0.05) is 28.1 Å². The zero-order valence-corrected chi connectivity index (χ0v) is 11.7. The maximum atomic E-state index is 10.6. The van der Waals surface area contributed by atoms with Gasteiger partial charge in [0.15, 0.2) is 0 Å². The molecule has 0 spiro atoms. The topological polar surface area (TPSA) is 40.5 Å². The second kappa shape index (κ2) is 5.98. The first kappa shape index (κ1) is 13.9. The first-order valence-electron chi connectivity index (χ1n) is 5.25. The summed E-state index contributed by atoms with van der Waals surface area (Å²) >= 11 is 3.43. The van der Waals surface area contributed by atoms with E-state index in [1.807, 2.05) is 44.1 Å². The third kappa shape index (κ3) is 3.98. The predicted molar refractivity (Wildman–Crippen MR) is 72.1 cm³/mol. The Morgan fingerprint density at radius 2 is 2.12 bits per heavy atom. The van der Waals surface area contributed by atoms with Gasteiger partial charge >= 0.3 is 5.97 Å². The minimum Gasteiger partial charge on any atom is -0.478 e. The Morgan fingerprint density at radius 1 is 1.47 bits per heavy atom. The van der Waals surface area contributed by atoms with Crippen LogP contribution in [0.3, 0.4) is 0 Å². The third-order valence-corrected chi connectivity index (χ3v) is 3.03. The molecule has 0 aliphatic heterocycles. The van der Waals surface area contributed by atoms with Crippen molar-refractivity contribution in [2.24, 2.45) is 0 Å². The number of benzene rings is 1. The van der Waals surface area contributed by atoms with Crippen molar-refractivity contribution in [3.05, 3.63) is 46.0 Å². The van der Waals surface area contributed by atoms with Crippen LogP contribution in [0.15, 0.2) is 34.8 Å². The van der Waals surface area contributed by atoms with Gasteiger partial charge in [0.2, 0.25) is 0 Å². The summed E-state index contributed by atoms with van der Waals surface area (Å²) in [5.74, 6) is -0.926. The van der Waals surface area contributed by atoms with E-state index < -0.39 is 5.97 Å². The molecule has 0 aliphatic carbocycles. The van der Waals surface area contributed by atoms with E-state index in [0.29, 0.717) is 0 Å². The molecule has 0 saturated carbocycles. The van der Waals surface area contributed by atoms with Gasteiger partial charge in [-0.25, -0.2) is 4.79 Å². The maximum absolute atomic E-state index is 10.6. The molecular weight excluding hydrogens is 282 g/mol. The fraction of sp³-hybridized carbons (Fsp3) is 0.308. The fourth-order valence-electron chi connectivity index (χ4n) is 1.66. The molecule has 0 saturated heterocycles. The van der Waals surface area contributed by atoms with Gasteiger partial charge in [-0.05, 0) is 44.3 Å². The molecule has 0 aromatic heterocycles. The maximum Gasteiger partial charge on any atom is 0.328 e. The number of rotatable bonds is 4. The molecule has 0 amide bonds. The van der Waals surface area contributed by atoms with Gasteiger partial charge in [0, 0.05) is 10.5 Å². The monoisotopic (exact) mass is 297 g/mol. The van der Waals surface area contributed by atoms with Crippen LogP contribution in [-0.4, -0.2) is 30.1 Å². The number of likely N-dealkylation sites (N-methyl/N-ethyl adjacent to an activating group) is 1. The van der Waals surface area contributed by atoms with E-state index in [1.54, 1.807) is 6.08 Å². The quantitative estimate of drug-likeness (QED) is 0.869. The van der Waals surface area contributed by atoms with E-state index in [2.05, 4.69) is 15.9 Å². The van der Waals surface area contributed by atoms with Crippen molar-refractivity contribution >= 4 is 21.9 Å². The number of carboxylic acids is 1. The lowest BCUT2D eigenvalue weighted by Gasteiger charge is -2.23. The summed E-state index contributed by atoms with van der Waals surface area (Å²) in [5.41, 5.74) is 2.24. The van der Waals surface area contributed by atoms with Crippen molar-refractivity contribution in [3.8, 4) is 0 Å². The average Bonchev–Trinajstić information content (AvgIpc) is 2.22. The van der Waals surface area contributed by atoms with Crippen molar-refractivity contribution < 1.29 is 9.90 Å². The van der Waals surface area contributed by atoms with Crippen LogP contribution in [0, 0.1) is 6.92 Å². The SMILES string of the molecule is Cc1ccc(Br)cc1C(/C=C/C(=O)O)N(C)C. The Hall–Kier alpha value is -1.13. The zero-order chi connectivity index (χ0) is 13.0. The number of carboxylic acid groups (broad SMARTS) is 1. The Morgan fingerprint density at radius 3 is 2.65 bits per heavy atom. The van der Waals surface area contributed by atoms with Crippen LogP contribution in [0.4, 0.5) is 0 Å². The van der Waals surface area contributed by atoms with E-state index in [-0.39, 0.29) is 6.04 Å². The van der Waals surface area contributed by atoms with Gasteiger partial charge < -0.3 is 5.11 Å². The van der Waals surface area contributed by atoms with Gasteiger partial charge in [0.1, 0.15) is 0 Å². The van der Waals surface area contributed by atoms with Gasteiger partial charge in [-0.2, -0.15) is 0 Å². The van der Waals surface area contributed by atoms with Crippen LogP contribution in [0.25, 0.3) is 0 Å². The van der Waals surface area contributed by atoms with Crippen LogP contribution in [0.2, 0.25) is 0 Å². The Balaban J connectivity index is 3.13. The lowest BCUT2D eigenvalue weighted by molar-refractivity contribution is -0.131. The highest BCUT2D eigenvalue weighted by molar-refractivity contribution is 9.10. The second-order valence-corrected chi connectivity index (χ2v) is 5.02. The Labute approximate surface area is 110 Å². The second-order valence-electron chi connectivity index (χ2n) is 4.11. The minimum atomic E-state index is -0.926. The predicted octanol–water partition coefficient (Wildman–Crippen LogP) is 3.00. The molecule has 0 heterocycles. The summed E-state index contributed by atoms with van der Waals surface area (Å²) in [6.45, 7) is 2.02. The molecule has 1 aromatic carbocycles. The van der Waals surface area contributed by atoms with E-state index in [9.17, 15) is 4.79 Å². The third-order valence-electron chi connectivity index (χ3n) is 2.54. The summed E-state index contributed by atoms with van der Waals surface area (Å²) < 4.78 is 0.994. The number of nitrogens with zero attached hydrogens (tertiary/aromatic N) is 1.